The maximum atomic E-state index is 12.4. The van der Waals surface area contributed by atoms with Crippen LogP contribution < -0.4 is 0 Å². The molecule has 0 aliphatic heterocycles. The number of nitrogens with zero attached hydrogens (tertiary/aromatic N) is 1. The number of hydrogen-bond acceptors (Lipinski definition) is 2. The van der Waals surface area contributed by atoms with E-state index in [-0.39, 0.29) is 24.9 Å². The number of carboxylic acids is 1. The Kier molecular flexibility index (Phi) is 6.00. The molecule has 0 aliphatic rings. The second-order valence-electron chi connectivity index (χ2n) is 4.36. The standard InChI is InChI=1S/C13H15Br2NO3/c1-8(2)16(6-5-12(17)18)13(19)10-4-3-9(14)7-11(10)15/h3-4,7-8H,5-6H2,1-2H3,(H,17,18). The van der Waals surface area contributed by atoms with Gasteiger partial charge in [-0.25, -0.2) is 0 Å². The number of carbonyl (C=O) groups excluding carboxylic acids is 1. The van der Waals surface area contributed by atoms with E-state index in [1.165, 1.54) is 0 Å². The van der Waals surface area contributed by atoms with Crippen LogP contribution in [0.1, 0.15) is 30.6 Å². The Morgan fingerprint density at radius 3 is 2.42 bits per heavy atom. The van der Waals surface area contributed by atoms with Gasteiger partial charge in [-0.3, -0.25) is 9.59 Å². The average Bonchev–Trinajstić information content (AvgIpc) is 2.27. The second kappa shape index (κ2) is 7.05. The third-order valence-electron chi connectivity index (χ3n) is 2.61. The van der Waals surface area contributed by atoms with E-state index in [4.69, 9.17) is 5.11 Å². The van der Waals surface area contributed by atoms with Crippen LogP contribution in [0.15, 0.2) is 27.1 Å². The number of aliphatic carboxylic acids is 1. The molecule has 0 saturated carbocycles. The average molecular weight is 393 g/mol. The normalized spacial score (nSPS) is 10.6. The van der Waals surface area contributed by atoms with Crippen molar-refractivity contribution in [2.75, 3.05) is 6.54 Å². The van der Waals surface area contributed by atoms with Gasteiger partial charge in [0.1, 0.15) is 0 Å². The summed E-state index contributed by atoms with van der Waals surface area (Å²) in [5.74, 6) is -1.08. The summed E-state index contributed by atoms with van der Waals surface area (Å²) in [6.45, 7) is 3.94. The van der Waals surface area contributed by atoms with Crippen LogP contribution in [0.2, 0.25) is 0 Å². The van der Waals surface area contributed by atoms with E-state index < -0.39 is 5.97 Å². The fraction of sp³-hybridized carbons (Fsp3) is 0.385. The molecule has 1 rings (SSSR count). The lowest BCUT2D eigenvalue weighted by Crippen LogP contribution is -2.38. The number of carbonyl (C=O) groups is 2. The molecule has 0 bridgehead atoms. The van der Waals surface area contributed by atoms with E-state index in [1.807, 2.05) is 13.8 Å². The van der Waals surface area contributed by atoms with Gasteiger partial charge in [-0.1, -0.05) is 15.9 Å². The van der Waals surface area contributed by atoms with Crippen molar-refractivity contribution in [2.24, 2.45) is 0 Å². The second-order valence-corrected chi connectivity index (χ2v) is 6.13. The van der Waals surface area contributed by atoms with Crippen molar-refractivity contribution in [3.63, 3.8) is 0 Å². The lowest BCUT2D eigenvalue weighted by atomic mass is 10.1. The van der Waals surface area contributed by atoms with Gasteiger partial charge in [-0.2, -0.15) is 0 Å². The van der Waals surface area contributed by atoms with Crippen LogP contribution >= 0.6 is 31.9 Å². The van der Waals surface area contributed by atoms with Crippen LogP contribution in [-0.4, -0.2) is 34.5 Å². The first kappa shape index (κ1) is 16.2. The Morgan fingerprint density at radius 2 is 1.95 bits per heavy atom. The van der Waals surface area contributed by atoms with Crippen molar-refractivity contribution in [2.45, 2.75) is 26.3 Å². The fourth-order valence-electron chi connectivity index (χ4n) is 1.63. The fourth-order valence-corrected chi connectivity index (χ4v) is 2.84. The summed E-state index contributed by atoms with van der Waals surface area (Å²) in [4.78, 5) is 24.6. The smallest absolute Gasteiger partial charge is 0.305 e. The summed E-state index contributed by atoms with van der Waals surface area (Å²) >= 11 is 6.68. The Bertz CT molecular complexity index is 489. The van der Waals surface area contributed by atoms with E-state index in [0.717, 1.165) is 4.47 Å². The highest BCUT2D eigenvalue weighted by Gasteiger charge is 2.21. The molecule has 1 N–H and O–H groups in total. The number of amides is 1. The van der Waals surface area contributed by atoms with Crippen LogP contribution in [0.25, 0.3) is 0 Å². The van der Waals surface area contributed by atoms with Crippen molar-refractivity contribution < 1.29 is 14.7 Å². The molecule has 19 heavy (non-hydrogen) atoms. The minimum Gasteiger partial charge on any atom is -0.481 e. The van der Waals surface area contributed by atoms with Crippen molar-refractivity contribution >= 4 is 43.7 Å². The summed E-state index contributed by atoms with van der Waals surface area (Å²) in [7, 11) is 0. The zero-order valence-electron chi connectivity index (χ0n) is 10.7. The van der Waals surface area contributed by atoms with E-state index in [9.17, 15) is 9.59 Å². The summed E-state index contributed by atoms with van der Waals surface area (Å²) in [5, 5.41) is 8.73. The molecule has 0 radical (unpaired) electrons. The maximum Gasteiger partial charge on any atom is 0.305 e. The first-order valence-corrected chi connectivity index (χ1v) is 7.39. The van der Waals surface area contributed by atoms with E-state index >= 15 is 0 Å². The first-order chi connectivity index (χ1) is 8.82. The summed E-state index contributed by atoms with van der Waals surface area (Å²) in [5.41, 5.74) is 0.530. The molecule has 1 amide bonds. The van der Waals surface area contributed by atoms with Gasteiger partial charge >= 0.3 is 5.97 Å². The molecule has 0 heterocycles. The van der Waals surface area contributed by atoms with Gasteiger partial charge in [-0.05, 0) is 48.0 Å². The first-order valence-electron chi connectivity index (χ1n) is 5.80. The van der Waals surface area contributed by atoms with Crippen LogP contribution in [0.4, 0.5) is 0 Å². The zero-order valence-corrected chi connectivity index (χ0v) is 13.9. The molecule has 0 aromatic heterocycles. The minimum atomic E-state index is -0.909. The quantitative estimate of drug-likeness (QED) is 0.833. The molecule has 4 nitrogen and oxygen atoms in total. The zero-order chi connectivity index (χ0) is 14.6. The van der Waals surface area contributed by atoms with Crippen LogP contribution in [0.3, 0.4) is 0 Å². The number of carboxylic acid groups (broad SMARTS) is 1. The third kappa shape index (κ3) is 4.62. The Hall–Kier alpha value is -0.880. The van der Waals surface area contributed by atoms with E-state index in [2.05, 4.69) is 31.9 Å². The SMILES string of the molecule is CC(C)N(CCC(=O)O)C(=O)c1ccc(Br)cc1Br. The Labute approximate surface area is 129 Å². The van der Waals surface area contributed by atoms with Crippen LogP contribution in [-0.2, 0) is 4.79 Å². The summed E-state index contributed by atoms with van der Waals surface area (Å²) < 4.78 is 1.56. The highest BCUT2D eigenvalue weighted by Crippen LogP contribution is 2.23. The number of rotatable bonds is 5. The molecule has 1 aromatic rings. The molecule has 0 atom stereocenters. The molecule has 104 valence electrons. The largest absolute Gasteiger partial charge is 0.481 e. The number of halogens is 2. The minimum absolute atomic E-state index is 0.0533. The molecule has 6 heteroatoms. The van der Waals surface area contributed by atoms with Crippen molar-refractivity contribution in [1.29, 1.82) is 0 Å². The summed E-state index contributed by atoms with van der Waals surface area (Å²) in [6.07, 6.45) is -0.0575. The van der Waals surface area contributed by atoms with Gasteiger partial charge in [0.15, 0.2) is 0 Å². The molecule has 1 aromatic carbocycles. The number of hydrogen-bond donors (Lipinski definition) is 1. The van der Waals surface area contributed by atoms with Gasteiger partial charge in [0.25, 0.3) is 5.91 Å². The molecule has 0 aliphatic carbocycles. The maximum absolute atomic E-state index is 12.4. The third-order valence-corrected chi connectivity index (χ3v) is 3.76. The molecular weight excluding hydrogens is 378 g/mol. The van der Waals surface area contributed by atoms with E-state index in [0.29, 0.717) is 10.0 Å². The van der Waals surface area contributed by atoms with E-state index in [1.54, 1.807) is 23.1 Å². The highest BCUT2D eigenvalue weighted by molar-refractivity contribution is 9.11. The number of benzene rings is 1. The predicted octanol–water partition coefficient (Wildman–Crippen LogP) is 3.54. The van der Waals surface area contributed by atoms with Crippen molar-refractivity contribution in [1.82, 2.24) is 4.90 Å². The van der Waals surface area contributed by atoms with Gasteiger partial charge in [0, 0.05) is 21.5 Å². The molecular formula is C13H15Br2NO3. The van der Waals surface area contributed by atoms with Crippen molar-refractivity contribution in [3.8, 4) is 0 Å². The van der Waals surface area contributed by atoms with Crippen LogP contribution in [0.5, 0.6) is 0 Å². The van der Waals surface area contributed by atoms with Gasteiger partial charge in [-0.15, -0.1) is 0 Å². The lowest BCUT2D eigenvalue weighted by Gasteiger charge is -2.26. The Morgan fingerprint density at radius 1 is 1.32 bits per heavy atom. The van der Waals surface area contributed by atoms with Crippen LogP contribution in [0, 0.1) is 0 Å². The monoisotopic (exact) mass is 391 g/mol. The molecule has 0 unspecified atom stereocenters. The molecule has 0 saturated heterocycles. The Balaban J connectivity index is 2.95. The van der Waals surface area contributed by atoms with Gasteiger partial charge < -0.3 is 10.0 Å². The van der Waals surface area contributed by atoms with Gasteiger partial charge in [0.2, 0.25) is 0 Å². The molecule has 0 fully saturated rings. The highest BCUT2D eigenvalue weighted by atomic mass is 79.9. The van der Waals surface area contributed by atoms with Gasteiger partial charge in [0.05, 0.1) is 12.0 Å². The molecule has 0 spiro atoms. The lowest BCUT2D eigenvalue weighted by molar-refractivity contribution is -0.137. The van der Waals surface area contributed by atoms with Crippen molar-refractivity contribution in [3.05, 3.63) is 32.7 Å². The predicted molar refractivity (Wildman–Crippen MR) is 80.3 cm³/mol. The topological polar surface area (TPSA) is 57.6 Å². The summed E-state index contributed by atoms with van der Waals surface area (Å²) in [6, 6.07) is 5.24.